The minimum absolute atomic E-state index is 0.0160. The Hall–Kier alpha value is -2.06. The Morgan fingerprint density at radius 1 is 1.32 bits per heavy atom. The van der Waals surface area contributed by atoms with Crippen LogP contribution in [-0.2, 0) is 16.6 Å². The van der Waals surface area contributed by atoms with Gasteiger partial charge in [0, 0.05) is 6.20 Å². The zero-order valence-electron chi connectivity index (χ0n) is 9.75. The van der Waals surface area contributed by atoms with E-state index in [0.717, 1.165) is 18.2 Å². The van der Waals surface area contributed by atoms with Gasteiger partial charge in [-0.3, -0.25) is 0 Å². The molecular weight excluding hydrogens is 271 g/mol. The van der Waals surface area contributed by atoms with Gasteiger partial charge in [0.15, 0.2) is 0 Å². The Balaban J connectivity index is 2.16. The molecule has 19 heavy (non-hydrogen) atoms. The molecular formula is C11H11FN4O2S. The van der Waals surface area contributed by atoms with Crippen LogP contribution in [0.4, 0.5) is 10.1 Å². The van der Waals surface area contributed by atoms with Crippen LogP contribution in [0.15, 0.2) is 41.7 Å². The van der Waals surface area contributed by atoms with Crippen molar-refractivity contribution in [2.75, 3.05) is 5.73 Å². The first-order chi connectivity index (χ1) is 8.99. The van der Waals surface area contributed by atoms with E-state index in [1.165, 1.54) is 12.5 Å². The molecule has 1 aromatic heterocycles. The largest absolute Gasteiger partial charge is 0.396 e. The fraction of sp³-hybridized carbons (Fsp3) is 0.0909. The number of rotatable bonds is 4. The molecule has 0 radical (unpaired) electrons. The molecule has 2 aromatic rings. The Kier molecular flexibility index (Phi) is 3.72. The molecule has 0 saturated carbocycles. The summed E-state index contributed by atoms with van der Waals surface area (Å²) in [6.45, 7) is 0.0160. The monoisotopic (exact) mass is 282 g/mol. The maximum absolute atomic E-state index is 13.0. The van der Waals surface area contributed by atoms with Crippen molar-refractivity contribution in [1.82, 2.24) is 14.7 Å². The van der Waals surface area contributed by atoms with Crippen LogP contribution in [-0.4, -0.2) is 18.4 Å². The standard InChI is InChI=1S/C11H11FN4O2S/c12-10-2-1-9(5-11(10)13)19(17,18)16-6-8-3-4-14-7-15-8/h1-5,7,16H,6,13H2. The molecule has 6 nitrogen and oxygen atoms in total. The highest BCUT2D eigenvalue weighted by atomic mass is 32.2. The van der Waals surface area contributed by atoms with Gasteiger partial charge in [0.2, 0.25) is 10.0 Å². The molecule has 1 heterocycles. The predicted molar refractivity (Wildman–Crippen MR) is 66.9 cm³/mol. The summed E-state index contributed by atoms with van der Waals surface area (Å²) in [5.41, 5.74) is 5.64. The van der Waals surface area contributed by atoms with Gasteiger partial charge in [-0.05, 0) is 24.3 Å². The van der Waals surface area contributed by atoms with Crippen LogP contribution in [0.3, 0.4) is 0 Å². The Bertz CT molecular complexity index is 676. The summed E-state index contributed by atoms with van der Waals surface area (Å²) < 4.78 is 39.2. The highest BCUT2D eigenvalue weighted by Gasteiger charge is 2.15. The first kappa shape index (κ1) is 13.4. The number of anilines is 1. The number of nitrogens with one attached hydrogen (secondary N) is 1. The van der Waals surface area contributed by atoms with Crippen LogP contribution in [0.2, 0.25) is 0 Å². The average molecular weight is 282 g/mol. The molecule has 2 rings (SSSR count). The van der Waals surface area contributed by atoms with E-state index in [9.17, 15) is 12.8 Å². The van der Waals surface area contributed by atoms with Crippen molar-refractivity contribution in [1.29, 1.82) is 0 Å². The molecule has 100 valence electrons. The third kappa shape index (κ3) is 3.24. The summed E-state index contributed by atoms with van der Waals surface area (Å²) >= 11 is 0. The summed E-state index contributed by atoms with van der Waals surface area (Å²) in [5.74, 6) is -0.658. The molecule has 0 atom stereocenters. The third-order valence-corrected chi connectivity index (χ3v) is 3.76. The topological polar surface area (TPSA) is 98.0 Å². The van der Waals surface area contributed by atoms with Gasteiger partial charge in [-0.2, -0.15) is 0 Å². The van der Waals surface area contributed by atoms with E-state index in [0.29, 0.717) is 5.69 Å². The van der Waals surface area contributed by atoms with Gasteiger partial charge in [-0.15, -0.1) is 0 Å². The highest BCUT2D eigenvalue weighted by molar-refractivity contribution is 7.89. The number of hydrogen-bond acceptors (Lipinski definition) is 5. The van der Waals surface area contributed by atoms with E-state index in [4.69, 9.17) is 5.73 Å². The number of halogens is 1. The van der Waals surface area contributed by atoms with Gasteiger partial charge in [-0.25, -0.2) is 27.5 Å². The van der Waals surface area contributed by atoms with E-state index < -0.39 is 15.8 Å². The first-order valence-electron chi connectivity index (χ1n) is 5.28. The van der Waals surface area contributed by atoms with E-state index in [1.54, 1.807) is 6.07 Å². The molecule has 0 amide bonds. The van der Waals surface area contributed by atoms with Crippen molar-refractivity contribution < 1.29 is 12.8 Å². The van der Waals surface area contributed by atoms with E-state index in [1.807, 2.05) is 0 Å². The lowest BCUT2D eigenvalue weighted by Crippen LogP contribution is -2.23. The van der Waals surface area contributed by atoms with Crippen LogP contribution < -0.4 is 10.5 Å². The van der Waals surface area contributed by atoms with E-state index in [-0.39, 0.29) is 17.1 Å². The Labute approximate surface area is 109 Å². The minimum atomic E-state index is -3.75. The summed E-state index contributed by atoms with van der Waals surface area (Å²) in [5, 5.41) is 0. The van der Waals surface area contributed by atoms with Gasteiger partial charge in [-0.1, -0.05) is 0 Å². The van der Waals surface area contributed by atoms with Crippen LogP contribution in [0.25, 0.3) is 0 Å². The van der Waals surface area contributed by atoms with Gasteiger partial charge in [0.1, 0.15) is 12.1 Å². The molecule has 8 heteroatoms. The number of hydrogen-bond donors (Lipinski definition) is 2. The second-order valence-corrected chi connectivity index (χ2v) is 5.48. The average Bonchev–Trinajstić information content (AvgIpc) is 2.41. The highest BCUT2D eigenvalue weighted by Crippen LogP contribution is 2.16. The van der Waals surface area contributed by atoms with Crippen LogP contribution in [0.1, 0.15) is 5.69 Å². The fourth-order valence-corrected chi connectivity index (χ4v) is 2.40. The van der Waals surface area contributed by atoms with Gasteiger partial charge >= 0.3 is 0 Å². The molecule has 0 fully saturated rings. The van der Waals surface area contributed by atoms with E-state index >= 15 is 0 Å². The molecule has 1 aromatic carbocycles. The quantitative estimate of drug-likeness (QED) is 0.803. The van der Waals surface area contributed by atoms with Crippen molar-refractivity contribution in [3.8, 4) is 0 Å². The molecule has 0 aliphatic rings. The minimum Gasteiger partial charge on any atom is -0.396 e. The molecule has 0 saturated heterocycles. The van der Waals surface area contributed by atoms with Crippen LogP contribution in [0.5, 0.6) is 0 Å². The lowest BCUT2D eigenvalue weighted by molar-refractivity contribution is 0.579. The van der Waals surface area contributed by atoms with Crippen molar-refractivity contribution in [2.45, 2.75) is 11.4 Å². The molecule has 0 bridgehead atoms. The number of nitrogens with zero attached hydrogens (tertiary/aromatic N) is 2. The van der Waals surface area contributed by atoms with Gasteiger partial charge in [0.25, 0.3) is 0 Å². The smallest absolute Gasteiger partial charge is 0.241 e. The van der Waals surface area contributed by atoms with Gasteiger partial charge in [0.05, 0.1) is 22.8 Å². The summed E-state index contributed by atoms with van der Waals surface area (Å²) in [6, 6.07) is 4.81. The maximum Gasteiger partial charge on any atom is 0.241 e. The second kappa shape index (κ2) is 5.29. The summed E-state index contributed by atoms with van der Waals surface area (Å²) in [4.78, 5) is 7.51. The third-order valence-electron chi connectivity index (χ3n) is 2.36. The SMILES string of the molecule is Nc1cc(S(=O)(=O)NCc2ccncn2)ccc1F. The molecule has 0 spiro atoms. The predicted octanol–water partition coefficient (Wildman–Crippen LogP) is 0.676. The lowest BCUT2D eigenvalue weighted by atomic mass is 10.3. The summed E-state index contributed by atoms with van der Waals surface area (Å²) in [6.07, 6.45) is 2.83. The Morgan fingerprint density at radius 2 is 2.11 bits per heavy atom. The first-order valence-corrected chi connectivity index (χ1v) is 6.77. The molecule has 0 aliphatic carbocycles. The number of benzene rings is 1. The van der Waals surface area contributed by atoms with Crippen LogP contribution >= 0.6 is 0 Å². The maximum atomic E-state index is 13.0. The fourth-order valence-electron chi connectivity index (χ4n) is 1.36. The Morgan fingerprint density at radius 3 is 2.74 bits per heavy atom. The molecule has 3 N–H and O–H groups in total. The number of aromatic nitrogens is 2. The van der Waals surface area contributed by atoms with E-state index in [2.05, 4.69) is 14.7 Å². The number of nitrogen functional groups attached to an aromatic ring is 1. The second-order valence-electron chi connectivity index (χ2n) is 3.71. The van der Waals surface area contributed by atoms with Crippen molar-refractivity contribution in [3.05, 3.63) is 48.3 Å². The zero-order chi connectivity index (χ0) is 13.9. The van der Waals surface area contributed by atoms with Crippen molar-refractivity contribution in [3.63, 3.8) is 0 Å². The summed E-state index contributed by atoms with van der Waals surface area (Å²) in [7, 11) is -3.75. The van der Waals surface area contributed by atoms with Crippen molar-refractivity contribution in [2.24, 2.45) is 0 Å². The number of sulfonamides is 1. The molecule has 0 aliphatic heterocycles. The normalized spacial score (nSPS) is 11.4. The molecule has 0 unspecified atom stereocenters. The van der Waals surface area contributed by atoms with Crippen LogP contribution in [0, 0.1) is 5.82 Å². The van der Waals surface area contributed by atoms with Crippen molar-refractivity contribution >= 4 is 15.7 Å². The zero-order valence-corrected chi connectivity index (χ0v) is 10.6. The number of nitrogens with two attached hydrogens (primary N) is 1. The lowest BCUT2D eigenvalue weighted by Gasteiger charge is -2.07. The van der Waals surface area contributed by atoms with Gasteiger partial charge < -0.3 is 5.73 Å².